The van der Waals surface area contributed by atoms with E-state index in [4.69, 9.17) is 0 Å². The normalized spacial score (nSPS) is 23.1. The molecule has 2 nitrogen and oxygen atoms in total. The monoisotopic (exact) mass is 296 g/mol. The number of nitrogens with zero attached hydrogens (tertiary/aromatic N) is 1. The first-order valence-electron chi connectivity index (χ1n) is 7.51. The molecule has 0 spiro atoms. The van der Waals surface area contributed by atoms with E-state index < -0.39 is 0 Å². The van der Waals surface area contributed by atoms with Gasteiger partial charge in [0.15, 0.2) is 0 Å². The SMILES string of the molecule is CCCNCc1ccc(N2CCSC(C)C2C)c(F)c1. The quantitative estimate of drug-likeness (QED) is 0.835. The highest BCUT2D eigenvalue weighted by Gasteiger charge is 2.26. The van der Waals surface area contributed by atoms with Crippen LogP contribution in [0.5, 0.6) is 0 Å². The molecule has 1 aliphatic heterocycles. The smallest absolute Gasteiger partial charge is 0.146 e. The summed E-state index contributed by atoms with van der Waals surface area (Å²) in [7, 11) is 0. The Hall–Kier alpha value is -0.740. The molecule has 0 radical (unpaired) electrons. The lowest BCUT2D eigenvalue weighted by molar-refractivity contribution is 0.579. The highest BCUT2D eigenvalue weighted by molar-refractivity contribution is 8.00. The molecule has 2 atom stereocenters. The molecule has 0 bridgehead atoms. The number of nitrogens with one attached hydrogen (secondary N) is 1. The summed E-state index contributed by atoms with van der Waals surface area (Å²) in [5, 5.41) is 3.86. The molecule has 1 heterocycles. The van der Waals surface area contributed by atoms with Gasteiger partial charge in [0.25, 0.3) is 0 Å². The van der Waals surface area contributed by atoms with Gasteiger partial charge in [-0.1, -0.05) is 19.9 Å². The van der Waals surface area contributed by atoms with Crippen molar-refractivity contribution in [3.8, 4) is 0 Å². The summed E-state index contributed by atoms with van der Waals surface area (Å²) in [6, 6.07) is 6.04. The zero-order valence-corrected chi connectivity index (χ0v) is 13.5. The van der Waals surface area contributed by atoms with E-state index in [0.717, 1.165) is 43.1 Å². The van der Waals surface area contributed by atoms with Gasteiger partial charge in [-0.05, 0) is 37.6 Å². The Balaban J connectivity index is 2.08. The Labute approximate surface area is 126 Å². The van der Waals surface area contributed by atoms with Crippen molar-refractivity contribution >= 4 is 17.4 Å². The van der Waals surface area contributed by atoms with E-state index >= 15 is 0 Å². The molecule has 20 heavy (non-hydrogen) atoms. The number of hydrogen-bond acceptors (Lipinski definition) is 3. The minimum absolute atomic E-state index is 0.0910. The Morgan fingerprint density at radius 1 is 1.40 bits per heavy atom. The van der Waals surface area contributed by atoms with Crippen LogP contribution in [-0.4, -0.2) is 30.1 Å². The summed E-state index contributed by atoms with van der Waals surface area (Å²) in [6.45, 7) is 9.19. The lowest BCUT2D eigenvalue weighted by atomic mass is 10.1. The molecular weight excluding hydrogens is 271 g/mol. The first-order chi connectivity index (χ1) is 9.63. The Morgan fingerprint density at radius 2 is 2.20 bits per heavy atom. The van der Waals surface area contributed by atoms with Gasteiger partial charge in [0.05, 0.1) is 5.69 Å². The predicted octanol–water partition coefficient (Wildman–Crippen LogP) is 3.66. The van der Waals surface area contributed by atoms with Crippen LogP contribution in [-0.2, 0) is 6.54 Å². The average Bonchev–Trinajstić information content (AvgIpc) is 2.43. The van der Waals surface area contributed by atoms with E-state index in [9.17, 15) is 4.39 Å². The molecule has 1 aliphatic rings. The van der Waals surface area contributed by atoms with Crippen LogP contribution in [0.4, 0.5) is 10.1 Å². The van der Waals surface area contributed by atoms with E-state index in [1.807, 2.05) is 23.9 Å². The van der Waals surface area contributed by atoms with E-state index in [1.165, 1.54) is 0 Å². The van der Waals surface area contributed by atoms with E-state index in [1.54, 1.807) is 6.07 Å². The van der Waals surface area contributed by atoms with Gasteiger partial charge in [0.1, 0.15) is 5.82 Å². The molecule has 1 N–H and O–H groups in total. The highest BCUT2D eigenvalue weighted by atomic mass is 32.2. The summed E-state index contributed by atoms with van der Waals surface area (Å²) in [5.41, 5.74) is 1.77. The maximum atomic E-state index is 14.4. The number of anilines is 1. The molecule has 0 amide bonds. The zero-order valence-electron chi connectivity index (χ0n) is 12.7. The second-order valence-corrected chi connectivity index (χ2v) is 6.96. The topological polar surface area (TPSA) is 15.3 Å². The minimum atomic E-state index is -0.0910. The molecule has 2 unspecified atom stereocenters. The van der Waals surface area contributed by atoms with Gasteiger partial charge < -0.3 is 10.2 Å². The number of thioether (sulfide) groups is 1. The molecule has 1 saturated heterocycles. The van der Waals surface area contributed by atoms with E-state index in [0.29, 0.717) is 11.3 Å². The molecule has 2 rings (SSSR count). The second kappa shape index (κ2) is 7.32. The van der Waals surface area contributed by atoms with Crippen LogP contribution in [0.2, 0.25) is 0 Å². The molecule has 4 heteroatoms. The summed E-state index contributed by atoms with van der Waals surface area (Å²) < 4.78 is 14.4. The van der Waals surface area contributed by atoms with E-state index in [2.05, 4.69) is 31.0 Å². The first kappa shape index (κ1) is 15.6. The van der Waals surface area contributed by atoms with Gasteiger partial charge >= 0.3 is 0 Å². The maximum absolute atomic E-state index is 14.4. The van der Waals surface area contributed by atoms with Crippen LogP contribution in [0, 0.1) is 5.82 Å². The summed E-state index contributed by atoms with van der Waals surface area (Å²) in [5.74, 6) is 0.983. The summed E-state index contributed by atoms with van der Waals surface area (Å²) >= 11 is 1.97. The number of hydrogen-bond donors (Lipinski definition) is 1. The van der Waals surface area contributed by atoms with Crippen LogP contribution in [0.15, 0.2) is 18.2 Å². The summed E-state index contributed by atoms with van der Waals surface area (Å²) in [6.07, 6.45) is 1.10. The van der Waals surface area contributed by atoms with Crippen LogP contribution >= 0.6 is 11.8 Å². The Bertz CT molecular complexity index is 438. The fourth-order valence-electron chi connectivity index (χ4n) is 2.58. The predicted molar refractivity (Wildman–Crippen MR) is 87.1 cm³/mol. The lowest BCUT2D eigenvalue weighted by Crippen LogP contribution is -2.45. The average molecular weight is 296 g/mol. The van der Waals surface area contributed by atoms with Gasteiger partial charge in [-0.15, -0.1) is 0 Å². The molecule has 0 aromatic heterocycles. The molecule has 1 aromatic carbocycles. The van der Waals surface area contributed by atoms with Crippen molar-refractivity contribution in [3.63, 3.8) is 0 Å². The fraction of sp³-hybridized carbons (Fsp3) is 0.625. The van der Waals surface area contributed by atoms with Crippen LogP contribution in [0.1, 0.15) is 32.8 Å². The van der Waals surface area contributed by atoms with Crippen molar-refractivity contribution in [3.05, 3.63) is 29.6 Å². The maximum Gasteiger partial charge on any atom is 0.146 e. The lowest BCUT2D eigenvalue weighted by Gasteiger charge is -2.39. The van der Waals surface area contributed by atoms with Crippen molar-refractivity contribution in [2.24, 2.45) is 0 Å². The van der Waals surface area contributed by atoms with Crippen molar-refractivity contribution in [1.29, 1.82) is 0 Å². The largest absolute Gasteiger partial charge is 0.365 e. The third kappa shape index (κ3) is 3.67. The number of rotatable bonds is 5. The van der Waals surface area contributed by atoms with Crippen LogP contribution in [0.25, 0.3) is 0 Å². The van der Waals surface area contributed by atoms with Crippen LogP contribution in [0.3, 0.4) is 0 Å². The van der Waals surface area contributed by atoms with Crippen molar-refractivity contribution in [1.82, 2.24) is 5.32 Å². The van der Waals surface area contributed by atoms with Gasteiger partial charge in [0, 0.05) is 30.1 Å². The van der Waals surface area contributed by atoms with Gasteiger partial charge in [-0.3, -0.25) is 0 Å². The van der Waals surface area contributed by atoms with Crippen LogP contribution < -0.4 is 10.2 Å². The first-order valence-corrected chi connectivity index (χ1v) is 8.55. The third-order valence-electron chi connectivity index (χ3n) is 3.96. The van der Waals surface area contributed by atoms with Gasteiger partial charge in [-0.2, -0.15) is 11.8 Å². The second-order valence-electron chi connectivity index (χ2n) is 5.47. The number of halogens is 1. The molecular formula is C16H25FN2S. The van der Waals surface area contributed by atoms with E-state index in [-0.39, 0.29) is 5.82 Å². The minimum Gasteiger partial charge on any atom is -0.365 e. The fourth-order valence-corrected chi connectivity index (χ4v) is 3.68. The standard InChI is InChI=1S/C16H25FN2S/c1-4-7-18-11-14-5-6-16(15(17)10-14)19-8-9-20-13(3)12(19)2/h5-6,10,12-13,18H,4,7-9,11H2,1-3H3. The molecule has 1 aromatic rings. The number of benzene rings is 1. The molecule has 1 fully saturated rings. The molecule has 112 valence electrons. The Morgan fingerprint density at radius 3 is 2.90 bits per heavy atom. The van der Waals surface area contributed by atoms with Crippen molar-refractivity contribution < 1.29 is 4.39 Å². The van der Waals surface area contributed by atoms with Gasteiger partial charge in [0.2, 0.25) is 0 Å². The Kier molecular flexibility index (Phi) is 5.73. The van der Waals surface area contributed by atoms with Crippen molar-refractivity contribution in [2.45, 2.75) is 45.0 Å². The summed E-state index contributed by atoms with van der Waals surface area (Å²) in [4.78, 5) is 2.21. The van der Waals surface area contributed by atoms with Gasteiger partial charge in [-0.25, -0.2) is 4.39 Å². The highest BCUT2D eigenvalue weighted by Crippen LogP contribution is 2.30. The molecule has 0 saturated carbocycles. The third-order valence-corrected chi connectivity index (χ3v) is 5.30. The zero-order chi connectivity index (χ0) is 14.5. The van der Waals surface area contributed by atoms with Crippen molar-refractivity contribution in [2.75, 3.05) is 23.7 Å². The molecule has 0 aliphatic carbocycles.